The number of nitrogens with zero attached hydrogens (tertiary/aromatic N) is 5. The summed E-state index contributed by atoms with van der Waals surface area (Å²) >= 11 is 1.35. The van der Waals surface area contributed by atoms with Gasteiger partial charge in [0.15, 0.2) is 0 Å². The van der Waals surface area contributed by atoms with E-state index in [9.17, 15) is 4.79 Å². The minimum Gasteiger partial charge on any atom is -0.372 e. The van der Waals surface area contributed by atoms with Gasteiger partial charge in [-0.25, -0.2) is 0 Å². The van der Waals surface area contributed by atoms with Gasteiger partial charge in [-0.2, -0.15) is 4.68 Å². The molecule has 24 heavy (non-hydrogen) atoms. The van der Waals surface area contributed by atoms with Crippen LogP contribution in [0.1, 0.15) is 19.4 Å². The van der Waals surface area contributed by atoms with E-state index in [2.05, 4.69) is 15.5 Å². The molecule has 8 heteroatoms. The fourth-order valence-electron chi connectivity index (χ4n) is 2.72. The van der Waals surface area contributed by atoms with Crippen LogP contribution < -0.4 is 0 Å². The Morgan fingerprint density at radius 2 is 1.92 bits per heavy atom. The van der Waals surface area contributed by atoms with Crippen LogP contribution >= 0.6 is 11.8 Å². The molecule has 0 N–H and O–H groups in total. The molecule has 0 saturated carbocycles. The number of tetrazole rings is 1. The predicted octanol–water partition coefficient (Wildman–Crippen LogP) is 1.70. The Labute approximate surface area is 145 Å². The van der Waals surface area contributed by atoms with Gasteiger partial charge < -0.3 is 9.64 Å². The minimum atomic E-state index is 0.0700. The zero-order chi connectivity index (χ0) is 17.1. The molecule has 0 radical (unpaired) electrons. The smallest absolute Gasteiger partial charge is 0.233 e. The molecule has 1 saturated heterocycles. The van der Waals surface area contributed by atoms with Crippen LogP contribution in [0.15, 0.2) is 29.4 Å². The van der Waals surface area contributed by atoms with Crippen LogP contribution in [0.4, 0.5) is 0 Å². The zero-order valence-corrected chi connectivity index (χ0v) is 14.9. The minimum absolute atomic E-state index is 0.0700. The quantitative estimate of drug-likeness (QED) is 0.784. The summed E-state index contributed by atoms with van der Waals surface area (Å²) in [7, 11) is 0. The fourth-order valence-corrected chi connectivity index (χ4v) is 3.51. The molecule has 1 aromatic carbocycles. The third-order valence-electron chi connectivity index (χ3n) is 3.82. The number of rotatable bonds is 4. The summed E-state index contributed by atoms with van der Waals surface area (Å²) in [5, 5.41) is 12.4. The first-order valence-electron chi connectivity index (χ1n) is 7.94. The monoisotopic (exact) mass is 347 g/mol. The molecule has 1 aliphatic heterocycles. The largest absolute Gasteiger partial charge is 0.372 e. The summed E-state index contributed by atoms with van der Waals surface area (Å²) in [5.41, 5.74) is 2.06. The standard InChI is InChI=1S/C16H21N5O2S/c1-11-4-6-14(7-5-11)21-16(17-18-19-21)24-10-15(22)20-8-12(2)23-13(3)9-20/h4-7,12-13H,8-10H2,1-3H3/t12-,13+. The average Bonchev–Trinajstić information content (AvgIpc) is 3.01. The van der Waals surface area contributed by atoms with Gasteiger partial charge in [-0.3, -0.25) is 4.79 Å². The molecule has 7 nitrogen and oxygen atoms in total. The summed E-state index contributed by atoms with van der Waals surface area (Å²) < 4.78 is 7.32. The SMILES string of the molecule is Cc1ccc(-n2nnnc2SCC(=O)N2C[C@@H](C)O[C@@H](C)C2)cc1. The van der Waals surface area contributed by atoms with Crippen molar-refractivity contribution in [2.75, 3.05) is 18.8 Å². The maximum atomic E-state index is 12.4. The topological polar surface area (TPSA) is 73.1 Å². The van der Waals surface area contributed by atoms with E-state index in [1.165, 1.54) is 17.3 Å². The lowest BCUT2D eigenvalue weighted by Gasteiger charge is -2.35. The molecule has 0 bridgehead atoms. The number of ether oxygens (including phenoxy) is 1. The van der Waals surface area contributed by atoms with Crippen LogP contribution in [-0.4, -0.2) is 62.1 Å². The molecule has 1 amide bonds. The van der Waals surface area contributed by atoms with Crippen molar-refractivity contribution in [1.82, 2.24) is 25.1 Å². The van der Waals surface area contributed by atoms with Crippen molar-refractivity contribution in [3.63, 3.8) is 0 Å². The van der Waals surface area contributed by atoms with E-state index in [1.807, 2.05) is 49.9 Å². The molecule has 128 valence electrons. The second-order valence-corrected chi connectivity index (χ2v) is 7.00. The molecule has 2 atom stereocenters. The first kappa shape index (κ1) is 16.9. The molecule has 1 aliphatic rings. The van der Waals surface area contributed by atoms with Crippen molar-refractivity contribution in [1.29, 1.82) is 0 Å². The van der Waals surface area contributed by atoms with Crippen LogP contribution in [-0.2, 0) is 9.53 Å². The van der Waals surface area contributed by atoms with Crippen LogP contribution in [0.25, 0.3) is 5.69 Å². The van der Waals surface area contributed by atoms with Crippen molar-refractivity contribution < 1.29 is 9.53 Å². The van der Waals surface area contributed by atoms with Gasteiger partial charge in [-0.05, 0) is 43.3 Å². The fraction of sp³-hybridized carbons (Fsp3) is 0.500. The maximum absolute atomic E-state index is 12.4. The van der Waals surface area contributed by atoms with Gasteiger partial charge in [0.25, 0.3) is 0 Å². The number of hydrogen-bond acceptors (Lipinski definition) is 6. The number of aromatic nitrogens is 4. The predicted molar refractivity (Wildman–Crippen MR) is 91.2 cm³/mol. The Bertz CT molecular complexity index is 693. The van der Waals surface area contributed by atoms with E-state index in [4.69, 9.17) is 4.74 Å². The molecule has 2 aromatic rings. The lowest BCUT2D eigenvalue weighted by Crippen LogP contribution is -2.48. The van der Waals surface area contributed by atoms with Gasteiger partial charge in [0.05, 0.1) is 23.6 Å². The Balaban J connectivity index is 1.64. The Hall–Kier alpha value is -1.93. The van der Waals surface area contributed by atoms with Crippen LogP contribution in [0.5, 0.6) is 0 Å². The maximum Gasteiger partial charge on any atom is 0.233 e. The third-order valence-corrected chi connectivity index (χ3v) is 4.72. The molecule has 2 heterocycles. The summed E-state index contributed by atoms with van der Waals surface area (Å²) in [6.07, 6.45) is 0.140. The first-order valence-corrected chi connectivity index (χ1v) is 8.93. The van der Waals surface area contributed by atoms with Gasteiger partial charge in [-0.15, -0.1) is 5.10 Å². The number of aryl methyl sites for hydroxylation is 1. The van der Waals surface area contributed by atoms with Gasteiger partial charge in [0.2, 0.25) is 11.1 Å². The Morgan fingerprint density at radius 1 is 1.25 bits per heavy atom. The lowest BCUT2D eigenvalue weighted by molar-refractivity contribution is -0.140. The first-order chi connectivity index (χ1) is 11.5. The number of carbonyl (C=O) groups excluding carboxylic acids is 1. The number of amides is 1. The van der Waals surface area contributed by atoms with E-state index in [0.717, 1.165) is 5.69 Å². The molecule has 3 rings (SSSR count). The number of thioether (sulfide) groups is 1. The van der Waals surface area contributed by atoms with Gasteiger partial charge in [-0.1, -0.05) is 29.5 Å². The number of hydrogen-bond donors (Lipinski definition) is 0. The number of carbonyl (C=O) groups is 1. The molecule has 0 aliphatic carbocycles. The summed E-state index contributed by atoms with van der Waals surface area (Å²) in [4.78, 5) is 14.3. The van der Waals surface area contributed by atoms with Crippen molar-refractivity contribution in [3.05, 3.63) is 29.8 Å². The normalized spacial score (nSPS) is 21.0. The highest BCUT2D eigenvalue weighted by molar-refractivity contribution is 7.99. The summed E-state index contributed by atoms with van der Waals surface area (Å²) in [5.74, 6) is 0.395. The van der Waals surface area contributed by atoms with Crippen molar-refractivity contribution >= 4 is 17.7 Å². The highest BCUT2D eigenvalue weighted by Crippen LogP contribution is 2.20. The van der Waals surface area contributed by atoms with E-state index in [0.29, 0.717) is 24.0 Å². The van der Waals surface area contributed by atoms with Gasteiger partial charge >= 0.3 is 0 Å². The summed E-state index contributed by atoms with van der Waals surface area (Å²) in [6, 6.07) is 7.94. The third kappa shape index (κ3) is 3.93. The molecule has 1 fully saturated rings. The van der Waals surface area contributed by atoms with Crippen LogP contribution in [0.2, 0.25) is 0 Å². The Kier molecular flexibility index (Phi) is 5.15. The molecular weight excluding hydrogens is 326 g/mol. The van der Waals surface area contributed by atoms with Crippen LogP contribution in [0, 0.1) is 6.92 Å². The van der Waals surface area contributed by atoms with Crippen molar-refractivity contribution in [3.8, 4) is 5.69 Å². The second kappa shape index (κ2) is 7.31. The Morgan fingerprint density at radius 3 is 2.58 bits per heavy atom. The van der Waals surface area contributed by atoms with Crippen molar-refractivity contribution in [2.24, 2.45) is 0 Å². The number of benzene rings is 1. The average molecular weight is 347 g/mol. The molecule has 0 unspecified atom stereocenters. The zero-order valence-electron chi connectivity index (χ0n) is 14.0. The van der Waals surface area contributed by atoms with E-state index < -0.39 is 0 Å². The van der Waals surface area contributed by atoms with E-state index in [-0.39, 0.29) is 18.1 Å². The lowest BCUT2D eigenvalue weighted by atomic mass is 10.2. The van der Waals surface area contributed by atoms with Gasteiger partial charge in [0.1, 0.15) is 0 Å². The summed E-state index contributed by atoms with van der Waals surface area (Å²) in [6.45, 7) is 7.27. The molecule has 1 aromatic heterocycles. The number of morpholine rings is 1. The molecular formula is C16H21N5O2S. The second-order valence-electron chi connectivity index (χ2n) is 6.05. The van der Waals surface area contributed by atoms with Crippen LogP contribution in [0.3, 0.4) is 0 Å². The van der Waals surface area contributed by atoms with Gasteiger partial charge in [0, 0.05) is 13.1 Å². The van der Waals surface area contributed by atoms with E-state index in [1.54, 1.807) is 4.68 Å². The van der Waals surface area contributed by atoms with Crippen molar-refractivity contribution in [2.45, 2.75) is 38.1 Å². The molecule has 0 spiro atoms. The highest BCUT2D eigenvalue weighted by Gasteiger charge is 2.26. The highest BCUT2D eigenvalue weighted by atomic mass is 32.2. The van der Waals surface area contributed by atoms with E-state index >= 15 is 0 Å².